The van der Waals surface area contributed by atoms with Crippen molar-refractivity contribution < 1.29 is 18.0 Å². The van der Waals surface area contributed by atoms with E-state index in [1.165, 1.54) is 4.57 Å². The molecule has 0 bridgehead atoms. The van der Waals surface area contributed by atoms with Gasteiger partial charge in [0.05, 0.1) is 23.6 Å². The maximum atomic E-state index is 12.7. The zero-order chi connectivity index (χ0) is 15.2. The van der Waals surface area contributed by atoms with E-state index in [2.05, 4.69) is 0 Å². The van der Waals surface area contributed by atoms with Gasteiger partial charge in [0.15, 0.2) is 0 Å². The third-order valence-corrected chi connectivity index (χ3v) is 3.85. The van der Waals surface area contributed by atoms with Crippen molar-refractivity contribution in [1.29, 1.82) is 5.26 Å². The summed E-state index contributed by atoms with van der Waals surface area (Å²) in [6.07, 6.45) is -4.94. The topological polar surface area (TPSA) is 45.8 Å². The molecule has 1 unspecified atom stereocenters. The Hall–Kier alpha value is -2.29. The first-order valence-corrected chi connectivity index (χ1v) is 6.55. The average Bonchev–Trinajstić information content (AvgIpc) is 2.81. The lowest BCUT2D eigenvalue weighted by atomic mass is 9.92. The highest BCUT2D eigenvalue weighted by atomic mass is 19.4. The Morgan fingerprint density at radius 3 is 2.81 bits per heavy atom. The molecule has 0 saturated heterocycles. The number of carbonyl (C=O) groups excluding carboxylic acids is 1. The van der Waals surface area contributed by atoms with E-state index in [1.807, 2.05) is 6.07 Å². The molecule has 0 fully saturated rings. The van der Waals surface area contributed by atoms with Gasteiger partial charge in [-0.3, -0.25) is 9.36 Å². The minimum absolute atomic E-state index is 0.0916. The summed E-state index contributed by atoms with van der Waals surface area (Å²) in [4.78, 5) is 12.1. The second-order valence-electron chi connectivity index (χ2n) is 5.20. The molecule has 1 aromatic heterocycles. The molecule has 1 aliphatic heterocycles. The van der Waals surface area contributed by atoms with E-state index in [0.29, 0.717) is 22.2 Å². The first-order valence-electron chi connectivity index (χ1n) is 6.55. The van der Waals surface area contributed by atoms with Crippen molar-refractivity contribution >= 4 is 16.8 Å². The fourth-order valence-electron chi connectivity index (χ4n) is 2.97. The molecule has 0 amide bonds. The Bertz CT molecular complexity index is 768. The molecule has 0 N–H and O–H groups in total. The van der Waals surface area contributed by atoms with Gasteiger partial charge >= 0.3 is 6.18 Å². The van der Waals surface area contributed by atoms with E-state index in [-0.39, 0.29) is 18.7 Å². The van der Waals surface area contributed by atoms with Gasteiger partial charge in [0, 0.05) is 23.4 Å². The minimum atomic E-state index is -4.27. The van der Waals surface area contributed by atoms with Crippen LogP contribution in [0, 0.1) is 11.3 Å². The van der Waals surface area contributed by atoms with Crippen molar-refractivity contribution in [1.82, 2.24) is 4.57 Å². The molecule has 0 saturated carbocycles. The molecule has 21 heavy (non-hydrogen) atoms. The van der Waals surface area contributed by atoms with E-state index >= 15 is 0 Å². The molecule has 3 nitrogen and oxygen atoms in total. The monoisotopic (exact) mass is 292 g/mol. The van der Waals surface area contributed by atoms with Crippen LogP contribution in [0.1, 0.15) is 41.2 Å². The number of hydrogen-bond donors (Lipinski definition) is 0. The Morgan fingerprint density at radius 2 is 2.14 bits per heavy atom. The molecule has 0 spiro atoms. The third kappa shape index (κ3) is 2.29. The van der Waals surface area contributed by atoms with E-state index in [4.69, 9.17) is 5.26 Å². The molecule has 0 radical (unpaired) electrons. The van der Waals surface area contributed by atoms with Gasteiger partial charge in [0.25, 0.3) is 0 Å². The smallest absolute Gasteiger partial charge is 0.284 e. The molecule has 1 aromatic carbocycles. The summed E-state index contributed by atoms with van der Waals surface area (Å²) in [6, 6.07) is 8.46. The molecule has 1 aliphatic rings. The number of nitrogens with zero attached hydrogens (tertiary/aromatic N) is 2. The highest BCUT2D eigenvalue weighted by molar-refractivity contribution is 5.97. The standard InChI is InChI=1S/C15H11F3N2O/c16-15(17,18)7-9-4-5-14(21)20-12-3-1-2-10(8-19)11(12)6-13(9)20/h1-3,6,9H,4-5,7H2. The molecular weight excluding hydrogens is 281 g/mol. The van der Waals surface area contributed by atoms with Crippen LogP contribution in [0.4, 0.5) is 13.2 Å². The van der Waals surface area contributed by atoms with Crippen molar-refractivity contribution in [3.05, 3.63) is 35.5 Å². The Labute approximate surface area is 118 Å². The van der Waals surface area contributed by atoms with Gasteiger partial charge in [-0.15, -0.1) is 0 Å². The lowest BCUT2D eigenvalue weighted by molar-refractivity contribution is -0.139. The third-order valence-electron chi connectivity index (χ3n) is 3.85. The van der Waals surface area contributed by atoms with E-state index in [9.17, 15) is 18.0 Å². The second-order valence-corrected chi connectivity index (χ2v) is 5.20. The van der Waals surface area contributed by atoms with Gasteiger partial charge in [0.1, 0.15) is 0 Å². The summed E-state index contributed by atoms with van der Waals surface area (Å²) in [7, 11) is 0. The Balaban J connectivity index is 2.20. The highest BCUT2D eigenvalue weighted by Crippen LogP contribution is 2.40. The predicted molar refractivity (Wildman–Crippen MR) is 69.9 cm³/mol. The highest BCUT2D eigenvalue weighted by Gasteiger charge is 2.37. The predicted octanol–water partition coefficient (Wildman–Crippen LogP) is 3.98. The summed E-state index contributed by atoms with van der Waals surface area (Å²) in [5, 5.41) is 9.63. The molecule has 2 aromatic rings. The van der Waals surface area contributed by atoms with Crippen LogP contribution in [0.2, 0.25) is 0 Å². The quantitative estimate of drug-likeness (QED) is 0.798. The van der Waals surface area contributed by atoms with Crippen LogP contribution in [0.5, 0.6) is 0 Å². The van der Waals surface area contributed by atoms with Crippen molar-refractivity contribution in [2.45, 2.75) is 31.4 Å². The second kappa shape index (κ2) is 4.62. The zero-order valence-corrected chi connectivity index (χ0v) is 10.9. The zero-order valence-electron chi connectivity index (χ0n) is 10.9. The lowest BCUT2D eigenvalue weighted by Gasteiger charge is -2.25. The van der Waals surface area contributed by atoms with Gasteiger partial charge in [-0.25, -0.2) is 0 Å². The maximum absolute atomic E-state index is 12.7. The fraction of sp³-hybridized carbons (Fsp3) is 0.333. The summed E-state index contributed by atoms with van der Waals surface area (Å²) in [6.45, 7) is 0. The molecule has 0 aliphatic carbocycles. The molecule has 6 heteroatoms. The van der Waals surface area contributed by atoms with Gasteiger partial charge in [-0.05, 0) is 24.6 Å². The Kier molecular flexibility index (Phi) is 3.01. The molecular formula is C15H11F3N2O. The van der Waals surface area contributed by atoms with Crippen LogP contribution in [0.25, 0.3) is 10.9 Å². The molecule has 2 heterocycles. The first-order chi connectivity index (χ1) is 9.90. The van der Waals surface area contributed by atoms with Crippen molar-refractivity contribution in [3.63, 3.8) is 0 Å². The Morgan fingerprint density at radius 1 is 1.38 bits per heavy atom. The molecule has 1 atom stereocenters. The van der Waals surface area contributed by atoms with Gasteiger partial charge in [0.2, 0.25) is 5.91 Å². The van der Waals surface area contributed by atoms with Crippen LogP contribution < -0.4 is 0 Å². The van der Waals surface area contributed by atoms with Crippen LogP contribution in [-0.4, -0.2) is 16.7 Å². The fourth-order valence-corrected chi connectivity index (χ4v) is 2.97. The maximum Gasteiger partial charge on any atom is 0.389 e. The largest absolute Gasteiger partial charge is 0.389 e. The SMILES string of the molecule is N#Cc1cccc2c1cc1n2C(=O)CCC1CC(F)(F)F. The van der Waals surface area contributed by atoms with Gasteiger partial charge < -0.3 is 0 Å². The normalized spacial score (nSPS) is 18.6. The number of nitriles is 1. The average molecular weight is 292 g/mol. The lowest BCUT2D eigenvalue weighted by Crippen LogP contribution is -2.25. The van der Waals surface area contributed by atoms with E-state index < -0.39 is 18.5 Å². The number of fused-ring (bicyclic) bond motifs is 3. The summed E-state index contributed by atoms with van der Waals surface area (Å²) in [5.74, 6) is -0.949. The van der Waals surface area contributed by atoms with Crippen molar-refractivity contribution in [2.75, 3.05) is 0 Å². The number of hydrogen-bond acceptors (Lipinski definition) is 2. The van der Waals surface area contributed by atoms with Gasteiger partial charge in [-0.2, -0.15) is 18.4 Å². The van der Waals surface area contributed by atoms with E-state index in [1.54, 1.807) is 24.3 Å². The summed E-state index contributed by atoms with van der Waals surface area (Å²) >= 11 is 0. The number of aromatic nitrogens is 1. The summed E-state index contributed by atoms with van der Waals surface area (Å²) in [5.41, 5.74) is 1.25. The van der Waals surface area contributed by atoms with Gasteiger partial charge in [-0.1, -0.05) is 6.07 Å². The number of carbonyl (C=O) groups is 1. The van der Waals surface area contributed by atoms with Crippen molar-refractivity contribution in [3.8, 4) is 6.07 Å². The van der Waals surface area contributed by atoms with E-state index in [0.717, 1.165) is 0 Å². The number of benzene rings is 1. The number of halogens is 3. The van der Waals surface area contributed by atoms with Crippen LogP contribution in [0.3, 0.4) is 0 Å². The number of alkyl halides is 3. The minimum Gasteiger partial charge on any atom is -0.284 e. The van der Waals surface area contributed by atoms with Crippen LogP contribution in [0.15, 0.2) is 24.3 Å². The molecule has 108 valence electrons. The number of rotatable bonds is 1. The first kappa shape index (κ1) is 13.7. The summed E-state index contributed by atoms with van der Waals surface area (Å²) < 4.78 is 39.4. The molecule has 3 rings (SSSR count). The van der Waals surface area contributed by atoms with Crippen LogP contribution in [-0.2, 0) is 0 Å². The van der Waals surface area contributed by atoms with Crippen molar-refractivity contribution in [2.24, 2.45) is 0 Å². The van der Waals surface area contributed by atoms with Crippen LogP contribution >= 0.6 is 0 Å².